The molecule has 0 spiro atoms. The highest BCUT2D eigenvalue weighted by Crippen LogP contribution is 2.19. The Balaban J connectivity index is 3.11. The number of aryl methyl sites for hydroxylation is 1. The number of anilines is 1. The molecule has 0 unspecified atom stereocenters. The van der Waals surface area contributed by atoms with Crippen LogP contribution >= 0.6 is 0 Å². The molecule has 88 valence electrons. The number of nitrogens with zero attached hydrogens (tertiary/aromatic N) is 2. The third-order valence-corrected chi connectivity index (χ3v) is 2.53. The zero-order valence-corrected chi connectivity index (χ0v) is 10.2. The summed E-state index contributed by atoms with van der Waals surface area (Å²) < 4.78 is 0. The van der Waals surface area contributed by atoms with Crippen molar-refractivity contribution in [3.63, 3.8) is 0 Å². The maximum atomic E-state index is 10.8. The van der Waals surface area contributed by atoms with Gasteiger partial charge in [0.05, 0.1) is 5.56 Å². The number of hydrogen-bond acceptors (Lipinski definition) is 3. The van der Waals surface area contributed by atoms with Gasteiger partial charge in [-0.1, -0.05) is 0 Å². The standard InChI is InChI=1S/C12H18N2O2/c1-5-14(8(2)3)11-9(4)6-10(7-13-11)12(15)16/h6-8H,5H2,1-4H3,(H,15,16). The average molecular weight is 222 g/mol. The normalized spacial score (nSPS) is 10.6. The van der Waals surface area contributed by atoms with Crippen LogP contribution in [0, 0.1) is 6.92 Å². The molecule has 0 amide bonds. The first kappa shape index (κ1) is 12.5. The van der Waals surface area contributed by atoms with E-state index in [0.29, 0.717) is 6.04 Å². The van der Waals surface area contributed by atoms with Crippen molar-refractivity contribution in [3.05, 3.63) is 23.4 Å². The van der Waals surface area contributed by atoms with Gasteiger partial charge in [-0.05, 0) is 39.3 Å². The molecule has 0 bridgehead atoms. The van der Waals surface area contributed by atoms with Crippen molar-refractivity contribution in [1.29, 1.82) is 0 Å². The molecule has 0 fully saturated rings. The maximum absolute atomic E-state index is 10.8. The molecule has 16 heavy (non-hydrogen) atoms. The van der Waals surface area contributed by atoms with Crippen molar-refractivity contribution in [3.8, 4) is 0 Å². The number of carboxylic acids is 1. The lowest BCUT2D eigenvalue weighted by atomic mass is 10.2. The molecule has 1 rings (SSSR count). The lowest BCUT2D eigenvalue weighted by Crippen LogP contribution is -2.31. The first-order chi connectivity index (χ1) is 7.47. The molecule has 0 atom stereocenters. The van der Waals surface area contributed by atoms with Crippen molar-refractivity contribution in [2.45, 2.75) is 33.7 Å². The predicted octanol–water partition coefficient (Wildman–Crippen LogP) is 2.32. The summed E-state index contributed by atoms with van der Waals surface area (Å²) in [6, 6.07) is 2.02. The van der Waals surface area contributed by atoms with Crippen LogP contribution in [0.2, 0.25) is 0 Å². The topological polar surface area (TPSA) is 53.4 Å². The smallest absolute Gasteiger partial charge is 0.337 e. The summed E-state index contributed by atoms with van der Waals surface area (Å²) in [6.07, 6.45) is 1.41. The van der Waals surface area contributed by atoms with Gasteiger partial charge in [0, 0.05) is 18.8 Å². The monoisotopic (exact) mass is 222 g/mol. The fourth-order valence-electron chi connectivity index (χ4n) is 1.74. The van der Waals surface area contributed by atoms with E-state index in [2.05, 4.69) is 30.7 Å². The minimum Gasteiger partial charge on any atom is -0.478 e. The minimum absolute atomic E-state index is 0.237. The Labute approximate surface area is 95.9 Å². The molecule has 1 aromatic rings. The van der Waals surface area contributed by atoms with E-state index >= 15 is 0 Å². The predicted molar refractivity (Wildman–Crippen MR) is 64.1 cm³/mol. The molecule has 4 heteroatoms. The highest BCUT2D eigenvalue weighted by atomic mass is 16.4. The Morgan fingerprint density at radius 2 is 2.19 bits per heavy atom. The van der Waals surface area contributed by atoms with E-state index in [4.69, 9.17) is 5.11 Å². The Morgan fingerprint density at radius 3 is 2.56 bits per heavy atom. The van der Waals surface area contributed by atoms with E-state index in [-0.39, 0.29) is 5.56 Å². The summed E-state index contributed by atoms with van der Waals surface area (Å²) in [5, 5.41) is 8.85. The number of rotatable bonds is 4. The van der Waals surface area contributed by atoms with Crippen LogP contribution in [0.3, 0.4) is 0 Å². The van der Waals surface area contributed by atoms with Gasteiger partial charge in [-0.3, -0.25) is 0 Å². The number of pyridine rings is 1. The molecule has 0 aliphatic heterocycles. The Hall–Kier alpha value is -1.58. The SMILES string of the molecule is CCN(c1ncc(C(=O)O)cc1C)C(C)C. The second-order valence-electron chi connectivity index (χ2n) is 4.05. The fourth-order valence-corrected chi connectivity index (χ4v) is 1.74. The van der Waals surface area contributed by atoms with Crippen LogP contribution < -0.4 is 4.90 Å². The third kappa shape index (κ3) is 2.51. The van der Waals surface area contributed by atoms with Gasteiger partial charge < -0.3 is 10.0 Å². The number of carbonyl (C=O) groups is 1. The van der Waals surface area contributed by atoms with Gasteiger partial charge in [0.25, 0.3) is 0 Å². The van der Waals surface area contributed by atoms with Crippen molar-refractivity contribution >= 4 is 11.8 Å². The molecular formula is C12H18N2O2. The second kappa shape index (κ2) is 4.96. The third-order valence-electron chi connectivity index (χ3n) is 2.53. The molecule has 0 radical (unpaired) electrons. The zero-order chi connectivity index (χ0) is 12.3. The van der Waals surface area contributed by atoms with E-state index in [0.717, 1.165) is 17.9 Å². The number of aromatic nitrogens is 1. The second-order valence-corrected chi connectivity index (χ2v) is 4.05. The number of carboxylic acid groups (broad SMARTS) is 1. The molecular weight excluding hydrogens is 204 g/mol. The summed E-state index contributed by atoms with van der Waals surface area (Å²) in [4.78, 5) is 17.2. The lowest BCUT2D eigenvalue weighted by Gasteiger charge is -2.27. The molecule has 0 aliphatic rings. The van der Waals surface area contributed by atoms with E-state index < -0.39 is 5.97 Å². The van der Waals surface area contributed by atoms with Gasteiger partial charge in [0.15, 0.2) is 0 Å². The van der Waals surface area contributed by atoms with Crippen molar-refractivity contribution < 1.29 is 9.90 Å². The van der Waals surface area contributed by atoms with Crippen LogP contribution in [0.4, 0.5) is 5.82 Å². The Bertz CT molecular complexity index is 389. The quantitative estimate of drug-likeness (QED) is 0.849. The molecule has 0 saturated heterocycles. The highest BCUT2D eigenvalue weighted by molar-refractivity contribution is 5.87. The van der Waals surface area contributed by atoms with Gasteiger partial charge >= 0.3 is 5.97 Å². The van der Waals surface area contributed by atoms with Gasteiger partial charge in [-0.15, -0.1) is 0 Å². The van der Waals surface area contributed by atoms with E-state index in [1.165, 1.54) is 6.20 Å². The van der Waals surface area contributed by atoms with Crippen molar-refractivity contribution in [2.75, 3.05) is 11.4 Å². The van der Waals surface area contributed by atoms with Gasteiger partial charge in [-0.25, -0.2) is 9.78 Å². The van der Waals surface area contributed by atoms with Gasteiger partial charge in [0.1, 0.15) is 5.82 Å². The minimum atomic E-state index is -0.935. The average Bonchev–Trinajstić information content (AvgIpc) is 2.20. The van der Waals surface area contributed by atoms with Crippen LogP contribution in [0.1, 0.15) is 36.7 Å². The molecule has 1 aromatic heterocycles. The fraction of sp³-hybridized carbons (Fsp3) is 0.500. The van der Waals surface area contributed by atoms with Crippen molar-refractivity contribution in [1.82, 2.24) is 4.98 Å². The molecule has 1 heterocycles. The maximum Gasteiger partial charge on any atom is 0.337 e. The van der Waals surface area contributed by atoms with Crippen LogP contribution in [0.25, 0.3) is 0 Å². The van der Waals surface area contributed by atoms with Crippen LogP contribution in [0.5, 0.6) is 0 Å². The largest absolute Gasteiger partial charge is 0.478 e. The molecule has 0 aliphatic carbocycles. The first-order valence-corrected chi connectivity index (χ1v) is 5.44. The lowest BCUT2D eigenvalue weighted by molar-refractivity contribution is 0.0696. The number of hydrogen-bond donors (Lipinski definition) is 1. The van der Waals surface area contributed by atoms with Crippen LogP contribution in [-0.4, -0.2) is 28.6 Å². The highest BCUT2D eigenvalue weighted by Gasteiger charge is 2.14. The summed E-state index contributed by atoms with van der Waals surface area (Å²) in [5.74, 6) is -0.0720. The first-order valence-electron chi connectivity index (χ1n) is 5.44. The Kier molecular flexibility index (Phi) is 3.88. The Morgan fingerprint density at radius 1 is 1.56 bits per heavy atom. The van der Waals surface area contributed by atoms with Gasteiger partial charge in [-0.2, -0.15) is 0 Å². The number of aromatic carboxylic acids is 1. The summed E-state index contributed by atoms with van der Waals surface area (Å²) >= 11 is 0. The zero-order valence-electron chi connectivity index (χ0n) is 10.2. The van der Waals surface area contributed by atoms with E-state index in [1.54, 1.807) is 6.07 Å². The van der Waals surface area contributed by atoms with E-state index in [1.807, 2.05) is 6.92 Å². The summed E-state index contributed by atoms with van der Waals surface area (Å²) in [6.45, 7) is 9.00. The molecule has 0 saturated carbocycles. The van der Waals surface area contributed by atoms with Crippen molar-refractivity contribution in [2.24, 2.45) is 0 Å². The van der Waals surface area contributed by atoms with Crippen LogP contribution in [-0.2, 0) is 0 Å². The summed E-state index contributed by atoms with van der Waals surface area (Å²) in [5.41, 5.74) is 1.14. The molecule has 0 aromatic carbocycles. The van der Waals surface area contributed by atoms with E-state index in [9.17, 15) is 4.79 Å². The van der Waals surface area contributed by atoms with Gasteiger partial charge in [0.2, 0.25) is 0 Å². The molecule has 1 N–H and O–H groups in total. The summed E-state index contributed by atoms with van der Waals surface area (Å²) in [7, 11) is 0. The van der Waals surface area contributed by atoms with Crippen LogP contribution in [0.15, 0.2) is 12.3 Å². The molecule has 4 nitrogen and oxygen atoms in total.